The molecule has 1 atom stereocenters. The maximum Gasteiger partial charge on any atom is 0.320 e. The quantitative estimate of drug-likeness (QED) is 0.703. The van der Waals surface area contributed by atoms with Gasteiger partial charge >= 0.3 is 6.03 Å². The maximum absolute atomic E-state index is 11.4. The Bertz CT molecular complexity index is 338. The molecule has 1 rings (SSSR count). The second-order valence-corrected chi connectivity index (χ2v) is 3.78. The third-order valence-electron chi connectivity index (χ3n) is 2.10. The van der Waals surface area contributed by atoms with E-state index in [1.165, 1.54) is 0 Å². The number of nitrogens with one attached hydrogen (secondary N) is 2. The van der Waals surface area contributed by atoms with Crippen LogP contribution >= 0.6 is 0 Å². The predicted molar refractivity (Wildman–Crippen MR) is 59.1 cm³/mol. The summed E-state index contributed by atoms with van der Waals surface area (Å²) in [4.78, 5) is 11.4. The third-order valence-corrected chi connectivity index (χ3v) is 2.10. The van der Waals surface area contributed by atoms with Gasteiger partial charge in [0.15, 0.2) is 5.82 Å². The van der Waals surface area contributed by atoms with Crippen LogP contribution in [0.3, 0.4) is 0 Å². The average Bonchev–Trinajstić information content (AvgIpc) is 2.61. The number of urea groups is 1. The van der Waals surface area contributed by atoms with Gasteiger partial charge in [-0.15, -0.1) is 0 Å². The molecule has 0 fully saturated rings. The fraction of sp³-hybridized carbons (Fsp3) is 0.600. The fourth-order valence-corrected chi connectivity index (χ4v) is 1.18. The van der Waals surface area contributed by atoms with Crippen LogP contribution in [0.4, 0.5) is 10.6 Å². The van der Waals surface area contributed by atoms with Crippen LogP contribution in [0.2, 0.25) is 0 Å². The largest absolute Gasteiger partial charge is 0.396 e. The molecule has 2 amide bonds. The minimum atomic E-state index is -0.321. The van der Waals surface area contributed by atoms with Crippen molar-refractivity contribution >= 4 is 11.8 Å². The number of aliphatic hydroxyl groups excluding tert-OH is 1. The Morgan fingerprint density at radius 3 is 3.00 bits per heavy atom. The summed E-state index contributed by atoms with van der Waals surface area (Å²) in [5.41, 5.74) is 0. The van der Waals surface area contributed by atoms with Gasteiger partial charge in [0, 0.05) is 19.2 Å². The zero-order valence-electron chi connectivity index (χ0n) is 9.49. The third kappa shape index (κ3) is 4.31. The first-order chi connectivity index (χ1) is 7.61. The summed E-state index contributed by atoms with van der Waals surface area (Å²) in [5.74, 6) is 1.28. The summed E-state index contributed by atoms with van der Waals surface area (Å²) < 4.78 is 4.80. The molecular weight excluding hydrogens is 210 g/mol. The number of amides is 2. The number of aromatic nitrogens is 1. The minimum Gasteiger partial charge on any atom is -0.396 e. The highest BCUT2D eigenvalue weighted by molar-refractivity contribution is 5.88. The van der Waals surface area contributed by atoms with Crippen molar-refractivity contribution in [3.05, 3.63) is 11.8 Å². The average molecular weight is 227 g/mol. The molecule has 0 aromatic carbocycles. The van der Waals surface area contributed by atoms with Gasteiger partial charge < -0.3 is 14.9 Å². The van der Waals surface area contributed by atoms with Gasteiger partial charge in [0.2, 0.25) is 0 Å². The van der Waals surface area contributed by atoms with Crippen molar-refractivity contribution in [3.63, 3.8) is 0 Å². The molecule has 1 heterocycles. The Kier molecular flexibility index (Phi) is 4.78. The highest BCUT2D eigenvalue weighted by Gasteiger charge is 2.07. The number of hydrogen-bond donors (Lipinski definition) is 3. The Labute approximate surface area is 94.0 Å². The van der Waals surface area contributed by atoms with Crippen LogP contribution in [0, 0.1) is 12.8 Å². The van der Waals surface area contributed by atoms with Gasteiger partial charge in [-0.05, 0) is 19.3 Å². The van der Waals surface area contributed by atoms with Crippen molar-refractivity contribution in [2.24, 2.45) is 5.92 Å². The lowest BCUT2D eigenvalue weighted by Crippen LogP contribution is -2.32. The highest BCUT2D eigenvalue weighted by Crippen LogP contribution is 2.06. The lowest BCUT2D eigenvalue weighted by atomic mass is 10.1. The van der Waals surface area contributed by atoms with E-state index in [1.807, 2.05) is 6.92 Å². The second kappa shape index (κ2) is 6.12. The van der Waals surface area contributed by atoms with Gasteiger partial charge in [-0.1, -0.05) is 12.1 Å². The second-order valence-electron chi connectivity index (χ2n) is 3.78. The molecule has 1 aromatic rings. The van der Waals surface area contributed by atoms with Crippen molar-refractivity contribution < 1.29 is 14.4 Å². The minimum absolute atomic E-state index is 0.132. The number of aliphatic hydroxyl groups is 1. The number of carbonyl (C=O) groups is 1. The normalized spacial score (nSPS) is 12.2. The van der Waals surface area contributed by atoms with E-state index in [4.69, 9.17) is 9.63 Å². The molecule has 0 saturated heterocycles. The molecule has 0 bridgehead atoms. The number of aryl methyl sites for hydroxylation is 1. The Balaban J connectivity index is 2.26. The van der Waals surface area contributed by atoms with Gasteiger partial charge in [-0.3, -0.25) is 5.32 Å². The van der Waals surface area contributed by atoms with Crippen LogP contribution in [-0.2, 0) is 0 Å². The molecule has 1 unspecified atom stereocenters. The van der Waals surface area contributed by atoms with E-state index in [2.05, 4.69) is 15.8 Å². The predicted octanol–water partition coefficient (Wildman–Crippen LogP) is 1.12. The van der Waals surface area contributed by atoms with Gasteiger partial charge in [-0.2, -0.15) is 0 Å². The molecule has 6 heteroatoms. The number of anilines is 1. The zero-order valence-corrected chi connectivity index (χ0v) is 9.49. The molecule has 90 valence electrons. The lowest BCUT2D eigenvalue weighted by Gasteiger charge is -2.10. The molecule has 6 nitrogen and oxygen atoms in total. The summed E-state index contributed by atoms with van der Waals surface area (Å²) in [6.45, 7) is 4.35. The molecule has 1 aromatic heterocycles. The number of hydrogen-bond acceptors (Lipinski definition) is 4. The first-order valence-corrected chi connectivity index (χ1v) is 5.21. The Hall–Kier alpha value is -1.56. The smallest absolute Gasteiger partial charge is 0.320 e. The summed E-state index contributed by atoms with van der Waals surface area (Å²) in [6, 6.07) is 1.31. The van der Waals surface area contributed by atoms with E-state index < -0.39 is 0 Å². The topological polar surface area (TPSA) is 87.4 Å². The van der Waals surface area contributed by atoms with E-state index in [0.29, 0.717) is 24.5 Å². The van der Waals surface area contributed by atoms with E-state index in [-0.39, 0.29) is 18.6 Å². The van der Waals surface area contributed by atoms with Crippen molar-refractivity contribution in [2.75, 3.05) is 18.5 Å². The van der Waals surface area contributed by atoms with E-state index in [1.54, 1.807) is 13.0 Å². The fourth-order valence-electron chi connectivity index (χ4n) is 1.18. The molecule has 0 aliphatic heterocycles. The molecule has 0 aliphatic rings. The van der Waals surface area contributed by atoms with Gasteiger partial charge in [0.05, 0.1) is 0 Å². The first-order valence-electron chi connectivity index (χ1n) is 5.21. The standard InChI is InChI=1S/C10H17N3O3/c1-7(3-4-14)6-11-10(15)12-9-5-8(2)16-13-9/h5,7,14H,3-4,6H2,1-2H3,(H2,11,12,13,15). The monoisotopic (exact) mass is 227 g/mol. The lowest BCUT2D eigenvalue weighted by molar-refractivity contribution is 0.243. The van der Waals surface area contributed by atoms with Crippen molar-refractivity contribution in [2.45, 2.75) is 20.3 Å². The van der Waals surface area contributed by atoms with Gasteiger partial charge in [0.25, 0.3) is 0 Å². The highest BCUT2D eigenvalue weighted by atomic mass is 16.5. The van der Waals surface area contributed by atoms with Gasteiger partial charge in [0.1, 0.15) is 5.76 Å². The van der Waals surface area contributed by atoms with Crippen molar-refractivity contribution in [1.29, 1.82) is 0 Å². The van der Waals surface area contributed by atoms with Crippen LogP contribution in [0.15, 0.2) is 10.6 Å². The number of carbonyl (C=O) groups excluding carboxylic acids is 1. The summed E-state index contributed by atoms with van der Waals surface area (Å²) >= 11 is 0. The molecule has 3 N–H and O–H groups in total. The zero-order chi connectivity index (χ0) is 12.0. The van der Waals surface area contributed by atoms with E-state index in [9.17, 15) is 4.79 Å². The van der Waals surface area contributed by atoms with Crippen molar-refractivity contribution in [3.8, 4) is 0 Å². The van der Waals surface area contributed by atoms with Crippen LogP contribution in [0.25, 0.3) is 0 Å². The SMILES string of the molecule is Cc1cc(NC(=O)NCC(C)CCO)no1. The Morgan fingerprint density at radius 2 is 2.44 bits per heavy atom. The summed E-state index contributed by atoms with van der Waals surface area (Å²) in [5, 5.41) is 17.5. The van der Waals surface area contributed by atoms with E-state index >= 15 is 0 Å². The molecule has 0 saturated carbocycles. The maximum atomic E-state index is 11.4. The molecule has 0 spiro atoms. The summed E-state index contributed by atoms with van der Waals surface area (Å²) in [6.07, 6.45) is 0.670. The molecular formula is C10H17N3O3. The Morgan fingerprint density at radius 1 is 1.69 bits per heavy atom. The molecule has 0 radical (unpaired) electrons. The number of rotatable bonds is 5. The van der Waals surface area contributed by atoms with Gasteiger partial charge in [-0.25, -0.2) is 4.79 Å². The first kappa shape index (κ1) is 12.5. The van der Waals surface area contributed by atoms with Crippen LogP contribution < -0.4 is 10.6 Å². The van der Waals surface area contributed by atoms with Crippen LogP contribution in [-0.4, -0.2) is 29.4 Å². The van der Waals surface area contributed by atoms with Crippen LogP contribution in [0.5, 0.6) is 0 Å². The van der Waals surface area contributed by atoms with Crippen molar-refractivity contribution in [1.82, 2.24) is 10.5 Å². The van der Waals surface area contributed by atoms with Crippen LogP contribution in [0.1, 0.15) is 19.1 Å². The molecule has 16 heavy (non-hydrogen) atoms. The number of nitrogens with zero attached hydrogens (tertiary/aromatic N) is 1. The van der Waals surface area contributed by atoms with E-state index in [0.717, 1.165) is 0 Å². The summed E-state index contributed by atoms with van der Waals surface area (Å²) in [7, 11) is 0. The molecule has 0 aliphatic carbocycles.